The summed E-state index contributed by atoms with van der Waals surface area (Å²) < 4.78 is 4.62. The van der Waals surface area contributed by atoms with E-state index >= 15 is 0 Å². The second kappa shape index (κ2) is 9.48. The average Bonchev–Trinajstić information content (AvgIpc) is 2.10. The first-order valence-corrected chi connectivity index (χ1v) is 4.12. The van der Waals surface area contributed by atoms with Crippen molar-refractivity contribution in [1.29, 1.82) is 0 Å². The highest BCUT2D eigenvalue weighted by atomic mass is 35.5. The molecule has 0 aromatic heterocycles. The van der Waals surface area contributed by atoms with E-state index in [1.807, 2.05) is 6.92 Å². The zero-order valence-corrected chi connectivity index (χ0v) is 8.56. The highest BCUT2D eigenvalue weighted by Gasteiger charge is 2.13. The molecule has 0 bridgehead atoms. The number of ketones is 1. The molecule has 13 heavy (non-hydrogen) atoms. The van der Waals surface area contributed by atoms with Gasteiger partial charge in [0.25, 0.3) is 0 Å². The van der Waals surface area contributed by atoms with Crippen LogP contribution in [-0.2, 0) is 14.3 Å². The monoisotopic (exact) mass is 209 g/mol. The molecule has 0 amide bonds. The first kappa shape index (κ1) is 14.9. The Labute approximate surface area is 84.2 Å². The Balaban J connectivity index is 0. The van der Waals surface area contributed by atoms with E-state index in [0.717, 1.165) is 6.42 Å². The number of halogens is 1. The molecule has 5 heteroatoms. The maximum Gasteiger partial charge on any atom is 0.374 e. The molecule has 0 radical (unpaired) electrons. The maximum atomic E-state index is 10.9. The molecule has 0 unspecified atom stereocenters. The Hall–Kier alpha value is -0.610. The third-order valence-electron chi connectivity index (χ3n) is 1.27. The van der Waals surface area contributed by atoms with Gasteiger partial charge in [-0.1, -0.05) is 6.92 Å². The van der Waals surface area contributed by atoms with E-state index in [9.17, 15) is 9.59 Å². The third kappa shape index (κ3) is 7.74. The predicted octanol–water partition coefficient (Wildman–Crippen LogP) is 0.669. The van der Waals surface area contributed by atoms with Crippen molar-refractivity contribution in [2.24, 2.45) is 5.73 Å². The molecule has 2 N–H and O–H groups in total. The number of ether oxygens (including phenoxy) is 1. The Bertz CT molecular complexity index is 143. The van der Waals surface area contributed by atoms with Crippen molar-refractivity contribution in [2.45, 2.75) is 26.2 Å². The lowest BCUT2D eigenvalue weighted by atomic mass is 10.2. The van der Waals surface area contributed by atoms with E-state index in [4.69, 9.17) is 5.73 Å². The minimum Gasteiger partial charge on any atom is -0.460 e. The van der Waals surface area contributed by atoms with E-state index < -0.39 is 11.8 Å². The number of esters is 1. The summed E-state index contributed by atoms with van der Waals surface area (Å²) in [4.78, 5) is 21.7. The normalized spacial score (nSPS) is 8.77. The van der Waals surface area contributed by atoms with E-state index in [-0.39, 0.29) is 18.8 Å². The van der Waals surface area contributed by atoms with Crippen LogP contribution in [0.1, 0.15) is 26.2 Å². The fraction of sp³-hybridized carbons (Fsp3) is 0.750. The second-order valence-corrected chi connectivity index (χ2v) is 2.45. The molecule has 0 spiro atoms. The molecule has 0 aliphatic heterocycles. The molecule has 0 aliphatic rings. The van der Waals surface area contributed by atoms with Crippen LogP contribution < -0.4 is 5.73 Å². The van der Waals surface area contributed by atoms with Gasteiger partial charge in [0.1, 0.15) is 0 Å². The van der Waals surface area contributed by atoms with Gasteiger partial charge in [0, 0.05) is 6.42 Å². The molecule has 0 atom stereocenters. The second-order valence-electron chi connectivity index (χ2n) is 2.45. The summed E-state index contributed by atoms with van der Waals surface area (Å²) in [5.74, 6) is -1.21. The first-order valence-electron chi connectivity index (χ1n) is 4.12. The SMILES string of the molecule is CCCOC(=O)C(=O)CCCN.Cl. The van der Waals surface area contributed by atoms with Crippen molar-refractivity contribution in [1.82, 2.24) is 0 Å². The van der Waals surface area contributed by atoms with Crippen LogP contribution in [0.5, 0.6) is 0 Å². The minimum atomic E-state index is -0.731. The Morgan fingerprint density at radius 3 is 2.46 bits per heavy atom. The van der Waals surface area contributed by atoms with Crippen molar-refractivity contribution < 1.29 is 14.3 Å². The molecule has 0 aliphatic carbocycles. The smallest absolute Gasteiger partial charge is 0.374 e. The van der Waals surface area contributed by atoms with Crippen LogP contribution in [0.2, 0.25) is 0 Å². The van der Waals surface area contributed by atoms with Crippen molar-refractivity contribution >= 4 is 24.2 Å². The summed E-state index contributed by atoms with van der Waals surface area (Å²) in [6.45, 7) is 2.61. The van der Waals surface area contributed by atoms with Gasteiger partial charge in [0.15, 0.2) is 0 Å². The van der Waals surface area contributed by atoms with Gasteiger partial charge in [-0.3, -0.25) is 4.79 Å². The van der Waals surface area contributed by atoms with Gasteiger partial charge in [-0.2, -0.15) is 0 Å². The Morgan fingerprint density at radius 1 is 1.38 bits per heavy atom. The highest BCUT2D eigenvalue weighted by molar-refractivity contribution is 6.33. The van der Waals surface area contributed by atoms with Gasteiger partial charge < -0.3 is 10.5 Å². The Morgan fingerprint density at radius 2 is 2.00 bits per heavy atom. The predicted molar refractivity (Wildman–Crippen MR) is 51.8 cm³/mol. The van der Waals surface area contributed by atoms with Crippen LogP contribution in [0, 0.1) is 0 Å². The summed E-state index contributed by atoms with van der Waals surface area (Å²) in [6.07, 6.45) is 1.47. The lowest BCUT2D eigenvalue weighted by Gasteiger charge is -2.00. The maximum absolute atomic E-state index is 10.9. The third-order valence-corrected chi connectivity index (χ3v) is 1.27. The molecule has 0 rings (SSSR count). The molecule has 0 aromatic rings. The lowest BCUT2D eigenvalue weighted by molar-refractivity contribution is -0.153. The molecule has 4 nitrogen and oxygen atoms in total. The van der Waals surface area contributed by atoms with Crippen molar-refractivity contribution in [3.05, 3.63) is 0 Å². The molecular formula is C8H16ClNO3. The number of rotatable bonds is 6. The van der Waals surface area contributed by atoms with E-state index in [1.54, 1.807) is 0 Å². The van der Waals surface area contributed by atoms with Gasteiger partial charge in [-0.05, 0) is 19.4 Å². The summed E-state index contributed by atoms with van der Waals surface area (Å²) in [7, 11) is 0. The minimum absolute atomic E-state index is 0. The van der Waals surface area contributed by atoms with Gasteiger partial charge in [-0.15, -0.1) is 12.4 Å². The van der Waals surface area contributed by atoms with Crippen LogP contribution in [-0.4, -0.2) is 24.9 Å². The fourth-order valence-corrected chi connectivity index (χ4v) is 0.640. The molecule has 0 fully saturated rings. The average molecular weight is 210 g/mol. The van der Waals surface area contributed by atoms with Crippen LogP contribution in [0.4, 0.5) is 0 Å². The van der Waals surface area contributed by atoms with Crippen molar-refractivity contribution in [3.8, 4) is 0 Å². The molecule has 0 heterocycles. The largest absolute Gasteiger partial charge is 0.460 e. The molecule has 0 saturated carbocycles. The van der Waals surface area contributed by atoms with Crippen LogP contribution in [0.25, 0.3) is 0 Å². The number of hydrogen-bond acceptors (Lipinski definition) is 4. The fourth-order valence-electron chi connectivity index (χ4n) is 0.640. The topological polar surface area (TPSA) is 69.4 Å². The van der Waals surface area contributed by atoms with Crippen LogP contribution in [0.3, 0.4) is 0 Å². The molecule has 78 valence electrons. The zero-order chi connectivity index (χ0) is 9.40. The number of carbonyl (C=O) groups excluding carboxylic acids is 2. The standard InChI is InChI=1S/C8H15NO3.ClH/c1-2-6-12-8(11)7(10)4-3-5-9;/h2-6,9H2,1H3;1H. The molecular weight excluding hydrogens is 194 g/mol. The first-order chi connectivity index (χ1) is 5.72. The van der Waals surface area contributed by atoms with Crippen LogP contribution in [0.15, 0.2) is 0 Å². The molecule has 0 saturated heterocycles. The van der Waals surface area contributed by atoms with E-state index in [0.29, 0.717) is 19.6 Å². The summed E-state index contributed by atoms with van der Waals surface area (Å²) in [5.41, 5.74) is 5.17. The quantitative estimate of drug-likeness (QED) is 0.516. The molecule has 0 aromatic carbocycles. The number of hydrogen-bond donors (Lipinski definition) is 1. The van der Waals surface area contributed by atoms with E-state index in [1.165, 1.54) is 0 Å². The number of nitrogens with two attached hydrogens (primary N) is 1. The Kier molecular flexibility index (Phi) is 10.9. The summed E-state index contributed by atoms with van der Waals surface area (Å²) >= 11 is 0. The van der Waals surface area contributed by atoms with Crippen molar-refractivity contribution in [3.63, 3.8) is 0 Å². The van der Waals surface area contributed by atoms with Gasteiger partial charge in [0.05, 0.1) is 6.61 Å². The highest BCUT2D eigenvalue weighted by Crippen LogP contribution is 1.92. The number of Topliss-reactive ketones (excluding diaryl/α,β-unsaturated/α-hetero) is 1. The van der Waals surface area contributed by atoms with Gasteiger partial charge in [0.2, 0.25) is 5.78 Å². The summed E-state index contributed by atoms with van der Waals surface area (Å²) in [5, 5.41) is 0. The van der Waals surface area contributed by atoms with Crippen LogP contribution >= 0.6 is 12.4 Å². The van der Waals surface area contributed by atoms with Gasteiger partial charge in [-0.25, -0.2) is 4.79 Å². The number of carbonyl (C=O) groups is 2. The van der Waals surface area contributed by atoms with Gasteiger partial charge >= 0.3 is 5.97 Å². The van der Waals surface area contributed by atoms with E-state index in [2.05, 4.69) is 4.74 Å². The summed E-state index contributed by atoms with van der Waals surface area (Å²) in [6, 6.07) is 0. The lowest BCUT2D eigenvalue weighted by Crippen LogP contribution is -2.18. The zero-order valence-electron chi connectivity index (χ0n) is 7.75. The van der Waals surface area contributed by atoms with Crippen molar-refractivity contribution in [2.75, 3.05) is 13.2 Å².